The van der Waals surface area contributed by atoms with Crippen molar-refractivity contribution in [2.24, 2.45) is 0 Å². The highest BCUT2D eigenvalue weighted by molar-refractivity contribution is 7.99. The maximum atomic E-state index is 10.8. The van der Waals surface area contributed by atoms with Gasteiger partial charge in [-0.25, -0.2) is 4.98 Å². The van der Waals surface area contributed by atoms with Crippen molar-refractivity contribution in [3.05, 3.63) is 72.3 Å². The van der Waals surface area contributed by atoms with E-state index in [9.17, 15) is 4.79 Å². The van der Waals surface area contributed by atoms with Crippen LogP contribution in [0, 0.1) is 0 Å². The van der Waals surface area contributed by atoms with Crippen molar-refractivity contribution in [2.75, 3.05) is 5.75 Å². The van der Waals surface area contributed by atoms with E-state index in [2.05, 4.69) is 53.1 Å². The molecule has 0 aliphatic heterocycles. The van der Waals surface area contributed by atoms with Gasteiger partial charge in [-0.2, -0.15) is 0 Å². The van der Waals surface area contributed by atoms with Crippen LogP contribution in [-0.4, -0.2) is 26.4 Å². The molecule has 0 aliphatic rings. The summed E-state index contributed by atoms with van der Waals surface area (Å²) in [5.41, 5.74) is 3.33. The maximum absolute atomic E-state index is 10.8. The second-order valence-electron chi connectivity index (χ2n) is 6.45. The largest absolute Gasteiger partial charge is 0.481 e. The van der Waals surface area contributed by atoms with Crippen molar-refractivity contribution in [3.63, 3.8) is 0 Å². The standard InChI is InChI=1S/C22H20N2O2S/c25-21(26)13-6-14-27-22-23-19-11-3-4-12-20(19)24(22)15-17-9-5-8-16-7-1-2-10-18(16)17/h1-5,7-12H,6,13-15H2,(H,25,26). The zero-order chi connectivity index (χ0) is 18.6. The van der Waals surface area contributed by atoms with Crippen LogP contribution >= 0.6 is 11.8 Å². The third-order valence-electron chi connectivity index (χ3n) is 4.59. The molecule has 4 rings (SSSR count). The van der Waals surface area contributed by atoms with Gasteiger partial charge in [0, 0.05) is 12.2 Å². The number of aromatic nitrogens is 2. The Morgan fingerprint density at radius 2 is 1.78 bits per heavy atom. The average Bonchev–Trinajstić information content (AvgIpc) is 3.03. The van der Waals surface area contributed by atoms with E-state index in [1.165, 1.54) is 16.3 Å². The first-order valence-corrected chi connectivity index (χ1v) is 9.97. The number of rotatable bonds is 7. The predicted molar refractivity (Wildman–Crippen MR) is 110 cm³/mol. The molecule has 0 aliphatic carbocycles. The average molecular weight is 376 g/mol. The zero-order valence-corrected chi connectivity index (χ0v) is 15.7. The smallest absolute Gasteiger partial charge is 0.303 e. The Kier molecular flexibility index (Phi) is 5.12. The summed E-state index contributed by atoms with van der Waals surface area (Å²) in [5.74, 6) is -0.00890. The molecule has 4 nitrogen and oxygen atoms in total. The number of hydrogen-bond acceptors (Lipinski definition) is 3. The van der Waals surface area contributed by atoms with Gasteiger partial charge in [-0.3, -0.25) is 4.79 Å². The molecule has 0 bridgehead atoms. The van der Waals surface area contributed by atoms with Gasteiger partial charge in [-0.05, 0) is 34.9 Å². The first kappa shape index (κ1) is 17.6. The normalized spacial score (nSPS) is 11.3. The molecule has 0 spiro atoms. The molecule has 1 heterocycles. The highest BCUT2D eigenvalue weighted by Gasteiger charge is 2.13. The lowest BCUT2D eigenvalue weighted by Gasteiger charge is -2.11. The number of hydrogen-bond donors (Lipinski definition) is 1. The summed E-state index contributed by atoms with van der Waals surface area (Å²) in [6, 6.07) is 22.9. The molecular weight excluding hydrogens is 356 g/mol. The number of carboxylic acids is 1. The van der Waals surface area contributed by atoms with E-state index in [0.29, 0.717) is 6.42 Å². The minimum absolute atomic E-state index is 0.191. The highest BCUT2D eigenvalue weighted by atomic mass is 32.2. The summed E-state index contributed by atoms with van der Waals surface area (Å²) in [4.78, 5) is 15.5. The molecule has 27 heavy (non-hydrogen) atoms. The van der Waals surface area contributed by atoms with Gasteiger partial charge in [0.05, 0.1) is 17.6 Å². The van der Waals surface area contributed by atoms with Gasteiger partial charge in [-0.1, -0.05) is 66.4 Å². The summed E-state index contributed by atoms with van der Waals surface area (Å²) in [6.45, 7) is 0.739. The fourth-order valence-corrected chi connectivity index (χ4v) is 4.26. The summed E-state index contributed by atoms with van der Waals surface area (Å²) in [5, 5.41) is 12.3. The maximum Gasteiger partial charge on any atom is 0.303 e. The van der Waals surface area contributed by atoms with Crippen LogP contribution in [0.15, 0.2) is 71.9 Å². The second-order valence-corrected chi connectivity index (χ2v) is 7.52. The number of thioether (sulfide) groups is 1. The minimum atomic E-state index is -0.750. The molecule has 1 N–H and O–H groups in total. The van der Waals surface area contributed by atoms with Crippen molar-refractivity contribution < 1.29 is 9.90 Å². The Morgan fingerprint density at radius 1 is 1.00 bits per heavy atom. The van der Waals surface area contributed by atoms with Crippen LogP contribution in [0.4, 0.5) is 0 Å². The molecule has 4 aromatic rings. The SMILES string of the molecule is O=C(O)CCCSc1nc2ccccc2n1Cc1cccc2ccccc12. The Labute approximate surface area is 161 Å². The summed E-state index contributed by atoms with van der Waals surface area (Å²) < 4.78 is 2.24. The van der Waals surface area contributed by atoms with E-state index >= 15 is 0 Å². The second kappa shape index (κ2) is 7.84. The van der Waals surface area contributed by atoms with Crippen molar-refractivity contribution in [1.29, 1.82) is 0 Å². The van der Waals surface area contributed by atoms with Gasteiger partial charge in [0.25, 0.3) is 0 Å². The quantitative estimate of drug-likeness (QED) is 0.356. The van der Waals surface area contributed by atoms with Gasteiger partial charge < -0.3 is 9.67 Å². The van der Waals surface area contributed by atoms with Gasteiger partial charge in [0.1, 0.15) is 0 Å². The molecule has 0 saturated carbocycles. The molecule has 0 radical (unpaired) electrons. The van der Waals surface area contributed by atoms with E-state index in [0.717, 1.165) is 28.5 Å². The Balaban J connectivity index is 1.69. The number of imidazole rings is 1. The molecule has 0 saturated heterocycles. The number of fused-ring (bicyclic) bond motifs is 2. The zero-order valence-electron chi connectivity index (χ0n) is 14.8. The van der Waals surface area contributed by atoms with Crippen LogP contribution in [0.3, 0.4) is 0 Å². The Morgan fingerprint density at radius 3 is 2.67 bits per heavy atom. The number of nitrogens with zero attached hydrogens (tertiary/aromatic N) is 2. The van der Waals surface area contributed by atoms with E-state index in [-0.39, 0.29) is 6.42 Å². The van der Waals surface area contributed by atoms with Crippen molar-refractivity contribution in [3.8, 4) is 0 Å². The van der Waals surface area contributed by atoms with Crippen LogP contribution in [0.5, 0.6) is 0 Å². The lowest BCUT2D eigenvalue weighted by Crippen LogP contribution is -2.03. The third-order valence-corrected chi connectivity index (χ3v) is 5.66. The Hall–Kier alpha value is -2.79. The lowest BCUT2D eigenvalue weighted by molar-refractivity contribution is -0.137. The van der Waals surface area contributed by atoms with E-state index in [4.69, 9.17) is 10.1 Å². The number of para-hydroxylation sites is 2. The number of carboxylic acid groups (broad SMARTS) is 1. The monoisotopic (exact) mass is 376 g/mol. The van der Waals surface area contributed by atoms with E-state index in [1.807, 2.05) is 18.2 Å². The molecule has 0 amide bonds. The van der Waals surface area contributed by atoms with Gasteiger partial charge in [0.15, 0.2) is 5.16 Å². The lowest BCUT2D eigenvalue weighted by atomic mass is 10.0. The van der Waals surface area contributed by atoms with Crippen molar-refractivity contribution in [2.45, 2.75) is 24.5 Å². The molecule has 0 atom stereocenters. The van der Waals surface area contributed by atoms with Crippen LogP contribution in [0.25, 0.3) is 21.8 Å². The topological polar surface area (TPSA) is 55.1 Å². The van der Waals surface area contributed by atoms with Gasteiger partial charge >= 0.3 is 5.97 Å². The summed E-state index contributed by atoms with van der Waals surface area (Å²) in [6.07, 6.45) is 0.827. The van der Waals surface area contributed by atoms with Crippen LogP contribution < -0.4 is 0 Å². The van der Waals surface area contributed by atoms with Gasteiger partial charge in [-0.15, -0.1) is 0 Å². The fourth-order valence-electron chi connectivity index (χ4n) is 3.30. The van der Waals surface area contributed by atoms with Crippen LogP contribution in [0.1, 0.15) is 18.4 Å². The molecule has 1 aromatic heterocycles. The molecule has 5 heteroatoms. The molecular formula is C22H20N2O2S. The van der Waals surface area contributed by atoms with Gasteiger partial charge in [0.2, 0.25) is 0 Å². The number of benzene rings is 3. The molecule has 0 fully saturated rings. The van der Waals surface area contributed by atoms with Crippen molar-refractivity contribution >= 4 is 39.5 Å². The molecule has 136 valence electrons. The Bertz CT molecular complexity index is 1100. The number of aliphatic carboxylic acids is 1. The fraction of sp³-hybridized carbons (Fsp3) is 0.182. The van der Waals surface area contributed by atoms with E-state index < -0.39 is 5.97 Å². The van der Waals surface area contributed by atoms with Crippen LogP contribution in [0.2, 0.25) is 0 Å². The predicted octanol–water partition coefficient (Wildman–Crippen LogP) is 5.19. The van der Waals surface area contributed by atoms with E-state index in [1.54, 1.807) is 11.8 Å². The molecule has 3 aromatic carbocycles. The first-order chi connectivity index (χ1) is 13.2. The third kappa shape index (κ3) is 3.83. The number of carbonyl (C=O) groups is 1. The minimum Gasteiger partial charge on any atom is -0.481 e. The van der Waals surface area contributed by atoms with Crippen LogP contribution in [-0.2, 0) is 11.3 Å². The van der Waals surface area contributed by atoms with Crippen molar-refractivity contribution in [1.82, 2.24) is 9.55 Å². The highest BCUT2D eigenvalue weighted by Crippen LogP contribution is 2.28. The first-order valence-electron chi connectivity index (χ1n) is 8.99. The summed E-state index contributed by atoms with van der Waals surface area (Å²) in [7, 11) is 0. The molecule has 0 unspecified atom stereocenters. The summed E-state index contributed by atoms with van der Waals surface area (Å²) >= 11 is 1.63.